The molecule has 0 radical (unpaired) electrons. The van der Waals surface area contributed by atoms with Crippen molar-refractivity contribution in [3.05, 3.63) is 33.3 Å². The van der Waals surface area contributed by atoms with Crippen LogP contribution in [0.2, 0.25) is 5.02 Å². The van der Waals surface area contributed by atoms with Crippen LogP contribution in [0.5, 0.6) is 0 Å². The van der Waals surface area contributed by atoms with Crippen molar-refractivity contribution in [3.63, 3.8) is 0 Å². The zero-order valence-electron chi connectivity index (χ0n) is 7.51. The molecule has 1 aromatic carbocycles. The third-order valence-electron chi connectivity index (χ3n) is 1.62. The Kier molecular flexibility index (Phi) is 3.28. The summed E-state index contributed by atoms with van der Waals surface area (Å²) in [4.78, 5) is 9.40. The lowest BCUT2D eigenvalue weighted by atomic mass is 10.3. The third kappa shape index (κ3) is 2.44. The van der Waals surface area contributed by atoms with Gasteiger partial charge in [0.1, 0.15) is 9.92 Å². The number of nitrogens with zero attached hydrogens (tertiary/aromatic N) is 1. The van der Waals surface area contributed by atoms with Crippen molar-refractivity contribution < 1.29 is 17.5 Å². The Morgan fingerprint density at radius 3 is 2.53 bits per heavy atom. The van der Waals surface area contributed by atoms with E-state index in [1.165, 1.54) is 0 Å². The molecule has 0 aliphatic carbocycles. The van der Waals surface area contributed by atoms with E-state index in [0.29, 0.717) is 0 Å². The molecule has 0 amide bonds. The average Bonchev–Trinajstić information content (AvgIpc) is 2.17. The molecule has 1 rings (SSSR count). The Labute approximate surface area is 90.7 Å². The van der Waals surface area contributed by atoms with Gasteiger partial charge in [-0.25, -0.2) is 0 Å². The molecule has 0 atom stereocenters. The first-order valence-corrected chi connectivity index (χ1v) is 5.41. The highest BCUT2D eigenvalue weighted by Crippen LogP contribution is 2.27. The summed E-state index contributed by atoms with van der Waals surface area (Å²) in [6.07, 6.45) is 0. The van der Waals surface area contributed by atoms with Gasteiger partial charge in [0.25, 0.3) is 15.8 Å². The standard InChI is InChI=1S/C7H6ClNO5S/c1-14-15(12,13)5-2-3-6(8)7(4-5)9(10)11/h2-4H,1H3. The quantitative estimate of drug-likeness (QED) is 0.462. The molecule has 0 unspecified atom stereocenters. The second kappa shape index (κ2) is 4.13. The van der Waals surface area contributed by atoms with Gasteiger partial charge in [-0.05, 0) is 12.1 Å². The second-order valence-electron chi connectivity index (χ2n) is 2.49. The molecular weight excluding hydrogens is 246 g/mol. The molecule has 0 aliphatic rings. The lowest BCUT2D eigenvalue weighted by Crippen LogP contribution is -2.03. The molecule has 15 heavy (non-hydrogen) atoms. The van der Waals surface area contributed by atoms with E-state index in [0.717, 1.165) is 25.3 Å². The van der Waals surface area contributed by atoms with E-state index in [4.69, 9.17) is 11.6 Å². The Balaban J connectivity index is 3.38. The summed E-state index contributed by atoms with van der Waals surface area (Å²) >= 11 is 5.51. The van der Waals surface area contributed by atoms with Crippen LogP contribution in [0.25, 0.3) is 0 Å². The Hall–Kier alpha value is -1.18. The van der Waals surface area contributed by atoms with Crippen molar-refractivity contribution in [1.29, 1.82) is 0 Å². The lowest BCUT2D eigenvalue weighted by Gasteiger charge is -2.01. The van der Waals surface area contributed by atoms with Gasteiger partial charge in [0.05, 0.1) is 12.0 Å². The molecular formula is C7H6ClNO5S. The van der Waals surface area contributed by atoms with Crippen LogP contribution in [0.1, 0.15) is 0 Å². The van der Waals surface area contributed by atoms with Crippen LogP contribution in [0.15, 0.2) is 23.1 Å². The maximum Gasteiger partial charge on any atom is 0.296 e. The monoisotopic (exact) mass is 251 g/mol. The first kappa shape index (κ1) is 11.9. The Morgan fingerprint density at radius 2 is 2.07 bits per heavy atom. The SMILES string of the molecule is COS(=O)(=O)c1ccc(Cl)c([N+](=O)[O-])c1. The Morgan fingerprint density at radius 1 is 1.47 bits per heavy atom. The fourth-order valence-corrected chi connectivity index (χ4v) is 1.75. The highest BCUT2D eigenvalue weighted by molar-refractivity contribution is 7.86. The topological polar surface area (TPSA) is 86.5 Å². The summed E-state index contributed by atoms with van der Waals surface area (Å²) in [7, 11) is -2.97. The minimum Gasteiger partial charge on any atom is -0.270 e. The van der Waals surface area contributed by atoms with E-state index in [1.54, 1.807) is 0 Å². The molecule has 82 valence electrons. The molecule has 0 spiro atoms. The largest absolute Gasteiger partial charge is 0.296 e. The molecule has 0 N–H and O–H groups in total. The van der Waals surface area contributed by atoms with Crippen LogP contribution in [-0.2, 0) is 14.3 Å². The van der Waals surface area contributed by atoms with Gasteiger partial charge in [-0.3, -0.25) is 14.3 Å². The number of nitro groups is 1. The van der Waals surface area contributed by atoms with E-state index >= 15 is 0 Å². The van der Waals surface area contributed by atoms with Gasteiger partial charge in [0.15, 0.2) is 0 Å². The summed E-state index contributed by atoms with van der Waals surface area (Å²) in [5, 5.41) is 10.3. The molecule has 0 saturated heterocycles. The summed E-state index contributed by atoms with van der Waals surface area (Å²) < 4.78 is 26.6. The first-order valence-electron chi connectivity index (χ1n) is 3.63. The molecule has 0 bridgehead atoms. The normalized spacial score (nSPS) is 11.3. The van der Waals surface area contributed by atoms with E-state index in [-0.39, 0.29) is 9.92 Å². The van der Waals surface area contributed by atoms with Gasteiger partial charge in [-0.15, -0.1) is 0 Å². The van der Waals surface area contributed by atoms with Crippen molar-refractivity contribution in [3.8, 4) is 0 Å². The molecule has 0 saturated carbocycles. The number of nitro benzene ring substituents is 1. The predicted octanol–water partition coefficient (Wildman–Crippen LogP) is 1.58. The van der Waals surface area contributed by atoms with E-state index < -0.39 is 20.7 Å². The number of hydrogen-bond donors (Lipinski definition) is 0. The lowest BCUT2D eigenvalue weighted by molar-refractivity contribution is -0.384. The minimum absolute atomic E-state index is 0.130. The van der Waals surface area contributed by atoms with Crippen molar-refractivity contribution in [2.45, 2.75) is 4.90 Å². The van der Waals surface area contributed by atoms with Crippen LogP contribution in [0.4, 0.5) is 5.69 Å². The van der Waals surface area contributed by atoms with Gasteiger partial charge in [-0.1, -0.05) is 11.6 Å². The van der Waals surface area contributed by atoms with Gasteiger partial charge in [0.2, 0.25) is 0 Å². The molecule has 1 aromatic rings. The zero-order chi connectivity index (χ0) is 11.6. The van der Waals surface area contributed by atoms with Crippen LogP contribution in [0.3, 0.4) is 0 Å². The summed E-state index contributed by atoms with van der Waals surface area (Å²) in [6.45, 7) is 0. The first-order chi connectivity index (χ1) is 6.88. The highest BCUT2D eigenvalue weighted by Gasteiger charge is 2.19. The Bertz CT molecular complexity index is 498. The van der Waals surface area contributed by atoms with Gasteiger partial charge in [0, 0.05) is 6.07 Å². The fourth-order valence-electron chi connectivity index (χ4n) is 0.884. The van der Waals surface area contributed by atoms with Gasteiger partial charge < -0.3 is 0 Å². The molecule has 8 heteroatoms. The van der Waals surface area contributed by atoms with Crippen LogP contribution in [-0.4, -0.2) is 20.5 Å². The van der Waals surface area contributed by atoms with Crippen molar-refractivity contribution >= 4 is 27.4 Å². The number of rotatable bonds is 3. The minimum atomic E-state index is -3.93. The smallest absolute Gasteiger partial charge is 0.270 e. The van der Waals surface area contributed by atoms with Gasteiger partial charge >= 0.3 is 0 Å². The number of hydrogen-bond acceptors (Lipinski definition) is 5. The summed E-state index contributed by atoms with van der Waals surface area (Å²) in [5.41, 5.74) is -0.477. The van der Waals surface area contributed by atoms with Crippen molar-refractivity contribution in [1.82, 2.24) is 0 Å². The third-order valence-corrected chi connectivity index (χ3v) is 3.21. The summed E-state index contributed by atoms with van der Waals surface area (Å²) in [6, 6.07) is 3.11. The molecule has 0 fully saturated rings. The maximum atomic E-state index is 11.2. The van der Waals surface area contributed by atoms with Crippen LogP contribution in [0, 0.1) is 10.1 Å². The molecule has 6 nitrogen and oxygen atoms in total. The molecule has 0 aromatic heterocycles. The summed E-state index contributed by atoms with van der Waals surface area (Å²) in [5.74, 6) is 0. The van der Waals surface area contributed by atoms with E-state index in [9.17, 15) is 18.5 Å². The molecule has 0 heterocycles. The average molecular weight is 252 g/mol. The van der Waals surface area contributed by atoms with Gasteiger partial charge in [-0.2, -0.15) is 8.42 Å². The van der Waals surface area contributed by atoms with Crippen LogP contribution < -0.4 is 0 Å². The predicted molar refractivity (Wildman–Crippen MR) is 52.3 cm³/mol. The fraction of sp³-hybridized carbons (Fsp3) is 0.143. The number of halogens is 1. The maximum absolute atomic E-state index is 11.2. The van der Waals surface area contributed by atoms with Crippen LogP contribution >= 0.6 is 11.6 Å². The zero-order valence-corrected chi connectivity index (χ0v) is 9.08. The van der Waals surface area contributed by atoms with E-state index in [2.05, 4.69) is 4.18 Å². The number of benzene rings is 1. The second-order valence-corrected chi connectivity index (χ2v) is 4.61. The van der Waals surface area contributed by atoms with E-state index in [1.807, 2.05) is 0 Å². The van der Waals surface area contributed by atoms with Crippen molar-refractivity contribution in [2.24, 2.45) is 0 Å². The van der Waals surface area contributed by atoms with Crippen molar-refractivity contribution in [2.75, 3.05) is 7.11 Å². The highest BCUT2D eigenvalue weighted by atomic mass is 35.5. The molecule has 0 aliphatic heterocycles.